The summed E-state index contributed by atoms with van der Waals surface area (Å²) in [6.07, 6.45) is 16.4. The summed E-state index contributed by atoms with van der Waals surface area (Å²) in [4.78, 5) is 28.2. The lowest BCUT2D eigenvalue weighted by molar-refractivity contribution is -0.272. The summed E-state index contributed by atoms with van der Waals surface area (Å²) in [5, 5.41) is 12.0. The zero-order chi connectivity index (χ0) is 43.0. The smallest absolute Gasteiger partial charge is 0.407 e. The van der Waals surface area contributed by atoms with Crippen molar-refractivity contribution in [2.24, 2.45) is 46.3 Å². The fraction of sp³-hybridized carbons (Fsp3) is 0.896. The van der Waals surface area contributed by atoms with E-state index in [1.165, 1.54) is 31.3 Å². The van der Waals surface area contributed by atoms with E-state index in [4.69, 9.17) is 28.5 Å². The van der Waals surface area contributed by atoms with Crippen LogP contribution in [0.5, 0.6) is 0 Å². The highest BCUT2D eigenvalue weighted by Crippen LogP contribution is 2.70. The topological polar surface area (TPSA) is 123 Å². The normalized spacial score (nSPS) is 40.2. The van der Waals surface area contributed by atoms with Gasteiger partial charge in [0.15, 0.2) is 5.79 Å². The molecule has 1 N–H and O–H groups in total. The van der Waals surface area contributed by atoms with Gasteiger partial charge >= 0.3 is 6.09 Å². The summed E-state index contributed by atoms with van der Waals surface area (Å²) in [7, 11) is -1.34. The summed E-state index contributed by atoms with van der Waals surface area (Å²) >= 11 is 0. The van der Waals surface area contributed by atoms with Crippen molar-refractivity contribution in [2.45, 2.75) is 201 Å². The van der Waals surface area contributed by atoms with Crippen molar-refractivity contribution in [3.05, 3.63) is 11.6 Å². The number of unbranched alkanes of at least 4 members (excludes halogenated alkanes) is 2. The van der Waals surface area contributed by atoms with E-state index >= 15 is 0 Å². The molecular weight excluding hydrogens is 776 g/mol. The van der Waals surface area contributed by atoms with Gasteiger partial charge in [0.1, 0.15) is 6.10 Å². The first-order valence-electron chi connectivity index (χ1n) is 24.1. The van der Waals surface area contributed by atoms with Crippen molar-refractivity contribution < 1.29 is 32.8 Å². The standard InChI is InChI=1S/C48H79N4O7P/c1-31(2)52(32(3)4)60(56-25-13-23-49)59-38-26-34(6)51(29-38)43(53)14-11-10-12-24-50-45(54)57-37-18-20-46(8)36(27-37)15-16-39-40(46)19-21-47(9)41(39)28-42-44(47)35(7)48(58-42)22-17-33(5)30-55-48/h15,31-35,37-42,44H,10-14,16-22,24-30H2,1-9H3,(H,50,54)/t33-,34-,35+,37+,38-,39-,40+,41+,42+,44+,46+,47+,48?,60?/m1/s1. The highest BCUT2D eigenvalue weighted by atomic mass is 31.2. The molecule has 1 spiro atoms. The molecule has 3 saturated heterocycles. The molecule has 0 aromatic rings. The molecule has 4 aliphatic carbocycles. The van der Waals surface area contributed by atoms with Gasteiger partial charge in [-0.2, -0.15) is 5.26 Å². The van der Waals surface area contributed by atoms with Crippen LogP contribution in [-0.2, 0) is 28.1 Å². The van der Waals surface area contributed by atoms with Crippen LogP contribution in [0.4, 0.5) is 4.79 Å². The number of carbonyl (C=O) groups is 2. The minimum atomic E-state index is -1.34. The van der Waals surface area contributed by atoms with Crippen molar-refractivity contribution in [1.29, 1.82) is 5.26 Å². The Morgan fingerprint density at radius 1 is 1.02 bits per heavy atom. The van der Waals surface area contributed by atoms with Gasteiger partial charge in [-0.05, 0) is 139 Å². The van der Waals surface area contributed by atoms with Crippen molar-refractivity contribution in [1.82, 2.24) is 14.9 Å². The number of allylic oxidation sites excluding steroid dienone is 1. The van der Waals surface area contributed by atoms with Gasteiger partial charge < -0.3 is 33.5 Å². The van der Waals surface area contributed by atoms with Gasteiger partial charge in [0, 0.05) is 56.4 Å². The first kappa shape index (κ1) is 46.2. The third kappa shape index (κ3) is 9.23. The maximum Gasteiger partial charge on any atom is 0.407 e. The molecule has 2 unspecified atom stereocenters. The minimum Gasteiger partial charge on any atom is -0.446 e. The molecule has 7 rings (SSSR count). The van der Waals surface area contributed by atoms with Crippen LogP contribution in [0, 0.1) is 57.7 Å². The monoisotopic (exact) mass is 855 g/mol. The quantitative estimate of drug-likeness (QED) is 0.0974. The largest absolute Gasteiger partial charge is 0.446 e. The van der Waals surface area contributed by atoms with Crippen LogP contribution >= 0.6 is 8.53 Å². The van der Waals surface area contributed by atoms with Crippen molar-refractivity contribution in [2.75, 3.05) is 26.3 Å². The molecule has 60 heavy (non-hydrogen) atoms. The van der Waals surface area contributed by atoms with E-state index < -0.39 is 8.53 Å². The predicted octanol–water partition coefficient (Wildman–Crippen LogP) is 10.3. The average molecular weight is 855 g/mol. The second kappa shape index (κ2) is 19.1. The van der Waals surface area contributed by atoms with Crippen LogP contribution in [0.15, 0.2) is 11.6 Å². The number of carbonyl (C=O) groups excluding carboxylic acids is 2. The van der Waals surface area contributed by atoms with Gasteiger partial charge in [0.05, 0.1) is 37.9 Å². The molecule has 3 saturated carbocycles. The summed E-state index contributed by atoms with van der Waals surface area (Å²) in [6.45, 7) is 22.8. The molecule has 3 aliphatic heterocycles. The fourth-order valence-electron chi connectivity index (χ4n) is 13.7. The Kier molecular flexibility index (Phi) is 14.7. The van der Waals surface area contributed by atoms with E-state index in [9.17, 15) is 9.59 Å². The molecular formula is C48H79N4O7P. The number of alkyl carbamates (subject to hydrolysis) is 1. The van der Waals surface area contributed by atoms with Crippen molar-refractivity contribution in [3.8, 4) is 6.07 Å². The van der Waals surface area contributed by atoms with E-state index in [2.05, 4.69) is 84.4 Å². The highest BCUT2D eigenvalue weighted by molar-refractivity contribution is 7.44. The Hall–Kier alpha value is -1.80. The van der Waals surface area contributed by atoms with Crippen molar-refractivity contribution >= 4 is 20.5 Å². The molecule has 6 fully saturated rings. The Morgan fingerprint density at radius 3 is 2.52 bits per heavy atom. The summed E-state index contributed by atoms with van der Waals surface area (Å²) in [5.41, 5.74) is 2.02. The fourth-order valence-corrected chi connectivity index (χ4v) is 15.4. The molecule has 11 nitrogen and oxygen atoms in total. The maximum atomic E-state index is 13.3. The van der Waals surface area contributed by atoms with E-state index in [1.807, 2.05) is 4.90 Å². The molecule has 0 aromatic heterocycles. The second-order valence-corrected chi connectivity index (χ2v) is 22.6. The number of nitriles is 1. The van der Waals surface area contributed by atoms with Crippen LogP contribution in [0.2, 0.25) is 0 Å². The molecule has 338 valence electrons. The second-order valence-electron chi connectivity index (χ2n) is 21.2. The number of amides is 2. The first-order chi connectivity index (χ1) is 28.6. The lowest BCUT2D eigenvalue weighted by Crippen LogP contribution is -2.52. The van der Waals surface area contributed by atoms with Gasteiger partial charge in [0.25, 0.3) is 8.53 Å². The van der Waals surface area contributed by atoms with Gasteiger partial charge in [-0.1, -0.05) is 45.8 Å². The van der Waals surface area contributed by atoms with Crippen LogP contribution in [0.1, 0.15) is 159 Å². The number of rotatable bonds is 15. The number of nitrogens with one attached hydrogen (secondary N) is 1. The van der Waals surface area contributed by atoms with Crippen LogP contribution in [-0.4, -0.2) is 90.1 Å². The number of hydrogen-bond acceptors (Lipinski definition) is 9. The van der Waals surface area contributed by atoms with Crippen LogP contribution < -0.4 is 5.32 Å². The zero-order valence-corrected chi connectivity index (χ0v) is 39.5. The van der Waals surface area contributed by atoms with Crippen LogP contribution in [0.3, 0.4) is 0 Å². The summed E-state index contributed by atoms with van der Waals surface area (Å²) in [6, 6.07) is 2.72. The number of fused-ring (bicyclic) bond motifs is 7. The Morgan fingerprint density at radius 2 is 1.80 bits per heavy atom. The number of likely N-dealkylation sites (tertiary alicyclic amines) is 1. The maximum absolute atomic E-state index is 13.3. The number of ether oxygens (including phenoxy) is 3. The first-order valence-corrected chi connectivity index (χ1v) is 25.2. The number of hydrogen-bond donors (Lipinski definition) is 1. The van der Waals surface area contributed by atoms with Crippen molar-refractivity contribution in [3.63, 3.8) is 0 Å². The van der Waals surface area contributed by atoms with E-state index in [1.54, 1.807) is 0 Å². The molecule has 0 bridgehead atoms. The molecule has 7 aliphatic rings. The van der Waals surface area contributed by atoms with Gasteiger partial charge in [-0.3, -0.25) is 4.79 Å². The summed E-state index contributed by atoms with van der Waals surface area (Å²) < 4.78 is 34.4. The molecule has 0 radical (unpaired) electrons. The molecule has 12 heteroatoms. The predicted molar refractivity (Wildman–Crippen MR) is 234 cm³/mol. The minimum absolute atomic E-state index is 0.0726. The number of nitrogens with zero attached hydrogens (tertiary/aromatic N) is 3. The van der Waals surface area contributed by atoms with Gasteiger partial charge in [-0.25, -0.2) is 9.46 Å². The molecule has 2 amide bonds. The molecule has 3 heterocycles. The van der Waals surface area contributed by atoms with E-state index in [0.29, 0.717) is 79.6 Å². The Balaban J connectivity index is 0.814. The Bertz CT molecular complexity index is 1570. The van der Waals surface area contributed by atoms with Crippen LogP contribution in [0.25, 0.3) is 0 Å². The summed E-state index contributed by atoms with van der Waals surface area (Å²) in [5.74, 6) is 3.55. The van der Waals surface area contributed by atoms with Gasteiger partial charge in [0.2, 0.25) is 5.91 Å². The lowest BCUT2D eigenvalue weighted by atomic mass is 9.47. The highest BCUT2D eigenvalue weighted by Gasteiger charge is 2.68. The zero-order valence-electron chi connectivity index (χ0n) is 38.6. The molecule has 0 aromatic carbocycles. The average Bonchev–Trinajstić information content (AvgIpc) is 3.81. The van der Waals surface area contributed by atoms with E-state index in [0.717, 1.165) is 64.4 Å². The van der Waals surface area contributed by atoms with Gasteiger partial charge in [-0.15, -0.1) is 0 Å². The SMILES string of the molecule is CC(C)N(C(C)C)P(OCCC#N)O[C@@H]1C[C@@H](C)N(C(=O)CCCCCNC(=O)O[C@H]2CC[C@@]3(C)C(=CC[C@H]4[C@@H]5C[C@@H]6OC7(CC[C@@H](C)CO7)[C@@H](C)[C@@H]6[C@@]5(C)CC[C@@H]43)C2)C1. The lowest BCUT2D eigenvalue weighted by Gasteiger charge is -2.58. The van der Waals surface area contributed by atoms with E-state index in [-0.39, 0.29) is 53.5 Å². The third-order valence-electron chi connectivity index (χ3n) is 16.7. The molecule has 14 atom stereocenters. The third-order valence-corrected chi connectivity index (χ3v) is 18.9. The Labute approximate surface area is 363 Å².